The summed E-state index contributed by atoms with van der Waals surface area (Å²) < 4.78 is 2.23. The molecule has 1 fully saturated rings. The molecule has 0 atom stereocenters. The summed E-state index contributed by atoms with van der Waals surface area (Å²) in [6.45, 7) is 18.2. The van der Waals surface area contributed by atoms with Crippen molar-refractivity contribution in [2.24, 2.45) is 0 Å². The average Bonchev–Trinajstić information content (AvgIpc) is 3.27. The van der Waals surface area contributed by atoms with Gasteiger partial charge in [0, 0.05) is 61.4 Å². The number of fused-ring (bicyclic) bond motifs is 1. The van der Waals surface area contributed by atoms with Crippen LogP contribution in [0.5, 0.6) is 0 Å². The fourth-order valence-electron chi connectivity index (χ4n) is 4.91. The molecule has 1 saturated heterocycles. The molecule has 5 rings (SSSR count). The van der Waals surface area contributed by atoms with Crippen LogP contribution in [0.3, 0.4) is 0 Å². The molecule has 0 bridgehead atoms. The molecular formula is C31H39N7. The average molecular weight is 510 g/mol. The predicted octanol–water partition coefficient (Wildman–Crippen LogP) is 6.37. The third kappa shape index (κ3) is 5.68. The first-order chi connectivity index (χ1) is 18.3. The lowest BCUT2D eigenvalue weighted by Crippen LogP contribution is -2.43. The number of hydrogen-bond donors (Lipinski definition) is 3. The van der Waals surface area contributed by atoms with Crippen LogP contribution in [0.1, 0.15) is 45.4 Å². The van der Waals surface area contributed by atoms with Crippen molar-refractivity contribution in [3.05, 3.63) is 78.6 Å². The molecule has 7 nitrogen and oxygen atoms in total. The van der Waals surface area contributed by atoms with Crippen LogP contribution in [0.4, 0.5) is 23.0 Å². The second-order valence-corrected chi connectivity index (χ2v) is 11.0. The van der Waals surface area contributed by atoms with Gasteiger partial charge in [0.05, 0.1) is 11.4 Å². The lowest BCUT2D eigenvalue weighted by Gasteiger charge is -2.29. The Morgan fingerprint density at radius 2 is 1.79 bits per heavy atom. The number of rotatable bonds is 8. The van der Waals surface area contributed by atoms with E-state index in [1.165, 1.54) is 11.3 Å². The Kier molecular flexibility index (Phi) is 7.38. The third-order valence-corrected chi connectivity index (χ3v) is 7.02. The topological polar surface area (TPSA) is 70.0 Å². The van der Waals surface area contributed by atoms with Gasteiger partial charge < -0.3 is 25.4 Å². The fraction of sp³-hybridized carbons (Fsp3) is 0.355. The minimum atomic E-state index is 0.0838. The minimum absolute atomic E-state index is 0.0838. The van der Waals surface area contributed by atoms with Crippen molar-refractivity contribution >= 4 is 39.7 Å². The molecule has 0 amide bonds. The summed E-state index contributed by atoms with van der Waals surface area (Å²) >= 11 is 0. The molecule has 0 aliphatic carbocycles. The van der Waals surface area contributed by atoms with Crippen LogP contribution in [-0.4, -0.2) is 40.7 Å². The lowest BCUT2D eigenvalue weighted by atomic mass is 9.87. The molecule has 1 aliphatic heterocycles. The van der Waals surface area contributed by atoms with Crippen molar-refractivity contribution in [3.63, 3.8) is 0 Å². The first-order valence-corrected chi connectivity index (χ1v) is 13.6. The molecule has 0 unspecified atom stereocenters. The maximum Gasteiger partial charge on any atom is 0.229 e. The summed E-state index contributed by atoms with van der Waals surface area (Å²) in [6, 6.07) is 19.2. The molecule has 0 spiro atoms. The first kappa shape index (κ1) is 25.8. The zero-order chi connectivity index (χ0) is 26.7. The van der Waals surface area contributed by atoms with Gasteiger partial charge in [-0.05, 0) is 59.9 Å². The van der Waals surface area contributed by atoms with E-state index in [1.807, 2.05) is 6.20 Å². The highest BCUT2D eigenvalue weighted by molar-refractivity contribution is 5.86. The van der Waals surface area contributed by atoms with E-state index in [1.54, 1.807) is 0 Å². The van der Waals surface area contributed by atoms with Crippen LogP contribution in [0, 0.1) is 0 Å². The van der Waals surface area contributed by atoms with Crippen molar-refractivity contribution in [1.29, 1.82) is 0 Å². The zero-order valence-electron chi connectivity index (χ0n) is 23.0. The van der Waals surface area contributed by atoms with E-state index < -0.39 is 0 Å². The number of anilines is 4. The highest BCUT2D eigenvalue weighted by atomic mass is 15.2. The Morgan fingerprint density at radius 3 is 2.50 bits per heavy atom. The molecule has 3 N–H and O–H groups in total. The number of aromatic nitrogens is 3. The van der Waals surface area contributed by atoms with E-state index in [4.69, 9.17) is 4.98 Å². The number of nitrogens with zero attached hydrogens (tertiary/aromatic N) is 4. The van der Waals surface area contributed by atoms with Gasteiger partial charge in [-0.2, -0.15) is 4.98 Å². The summed E-state index contributed by atoms with van der Waals surface area (Å²) in [6.07, 6.45) is 2.88. The summed E-state index contributed by atoms with van der Waals surface area (Å²) in [5, 5.41) is 11.3. The zero-order valence-corrected chi connectivity index (χ0v) is 23.0. The summed E-state index contributed by atoms with van der Waals surface area (Å²) in [7, 11) is 0. The number of piperazine rings is 1. The highest BCUT2D eigenvalue weighted by Gasteiger charge is 2.17. The molecule has 4 aromatic rings. The number of aryl methyl sites for hydroxylation is 1. The van der Waals surface area contributed by atoms with Gasteiger partial charge >= 0.3 is 0 Å². The van der Waals surface area contributed by atoms with Crippen LogP contribution in [0.25, 0.3) is 16.7 Å². The Balaban J connectivity index is 1.37. The van der Waals surface area contributed by atoms with Crippen LogP contribution >= 0.6 is 0 Å². The van der Waals surface area contributed by atoms with Gasteiger partial charge in [-0.1, -0.05) is 46.4 Å². The lowest BCUT2D eigenvalue weighted by molar-refractivity contribution is 0.589. The standard InChI is InChI=1S/C31H39N7/c1-6-16-38-28(22(2)34-26-9-7-8-24(20-26)31(3,4)5)19-23-21-33-30(36-29(23)38)35-25-10-12-27(13-11-25)37-17-14-32-15-18-37/h7-13,19-21,32,34H,2,6,14-18H2,1,3-5H3,(H,33,35,36). The molecule has 0 saturated carbocycles. The fourth-order valence-corrected chi connectivity index (χ4v) is 4.91. The third-order valence-electron chi connectivity index (χ3n) is 7.02. The smallest absolute Gasteiger partial charge is 0.229 e. The predicted molar refractivity (Wildman–Crippen MR) is 160 cm³/mol. The summed E-state index contributed by atoms with van der Waals surface area (Å²) in [4.78, 5) is 11.9. The van der Waals surface area contributed by atoms with Crippen LogP contribution in [0.15, 0.2) is 67.4 Å². The van der Waals surface area contributed by atoms with Crippen molar-refractivity contribution in [1.82, 2.24) is 19.9 Å². The Hall–Kier alpha value is -3.84. The molecular weight excluding hydrogens is 470 g/mol. The minimum Gasteiger partial charge on any atom is -0.369 e. The molecule has 2 aromatic carbocycles. The van der Waals surface area contributed by atoms with E-state index in [9.17, 15) is 0 Å². The summed E-state index contributed by atoms with van der Waals surface area (Å²) in [5.74, 6) is 0.589. The van der Waals surface area contributed by atoms with Gasteiger partial charge in [0.1, 0.15) is 5.65 Å². The van der Waals surface area contributed by atoms with Crippen molar-refractivity contribution in [2.45, 2.75) is 46.1 Å². The van der Waals surface area contributed by atoms with Crippen LogP contribution < -0.4 is 20.9 Å². The highest BCUT2D eigenvalue weighted by Crippen LogP contribution is 2.29. The Bertz CT molecular complexity index is 1410. The van der Waals surface area contributed by atoms with Gasteiger partial charge in [-0.15, -0.1) is 0 Å². The molecule has 3 heterocycles. The first-order valence-electron chi connectivity index (χ1n) is 13.6. The largest absolute Gasteiger partial charge is 0.369 e. The monoisotopic (exact) mass is 509 g/mol. The second-order valence-electron chi connectivity index (χ2n) is 11.0. The SMILES string of the molecule is C=C(Nc1cccc(C(C)(C)C)c1)c1cc2cnc(Nc3ccc(N4CCNCC4)cc3)nc2n1CCC. The van der Waals surface area contributed by atoms with E-state index in [2.05, 4.69) is 119 Å². The summed E-state index contributed by atoms with van der Waals surface area (Å²) in [5.41, 5.74) is 7.40. The van der Waals surface area contributed by atoms with Crippen LogP contribution in [0.2, 0.25) is 0 Å². The molecule has 38 heavy (non-hydrogen) atoms. The van der Waals surface area contributed by atoms with Gasteiger partial charge in [-0.3, -0.25) is 0 Å². The molecule has 7 heteroatoms. The van der Waals surface area contributed by atoms with E-state index in [0.29, 0.717) is 5.95 Å². The number of benzene rings is 2. The van der Waals surface area contributed by atoms with Crippen molar-refractivity contribution in [3.8, 4) is 0 Å². The number of nitrogens with one attached hydrogen (secondary N) is 3. The van der Waals surface area contributed by atoms with Crippen LogP contribution in [-0.2, 0) is 12.0 Å². The quantitative estimate of drug-likeness (QED) is 0.256. The van der Waals surface area contributed by atoms with E-state index >= 15 is 0 Å². The van der Waals surface area contributed by atoms with Gasteiger partial charge in [0.15, 0.2) is 0 Å². The van der Waals surface area contributed by atoms with E-state index in [-0.39, 0.29) is 5.41 Å². The second kappa shape index (κ2) is 10.9. The van der Waals surface area contributed by atoms with Crippen molar-refractivity contribution in [2.75, 3.05) is 41.7 Å². The normalized spacial score (nSPS) is 14.1. The van der Waals surface area contributed by atoms with Crippen molar-refractivity contribution < 1.29 is 0 Å². The molecule has 1 aliphatic rings. The maximum absolute atomic E-state index is 4.91. The Morgan fingerprint density at radius 1 is 1.03 bits per heavy atom. The van der Waals surface area contributed by atoms with Gasteiger partial charge in [0.25, 0.3) is 0 Å². The van der Waals surface area contributed by atoms with Gasteiger partial charge in [-0.25, -0.2) is 4.98 Å². The number of hydrogen-bond acceptors (Lipinski definition) is 6. The molecule has 0 radical (unpaired) electrons. The maximum atomic E-state index is 4.91. The molecule has 198 valence electrons. The Labute approximate surface area is 226 Å². The molecule has 2 aromatic heterocycles. The van der Waals surface area contributed by atoms with Gasteiger partial charge in [0.2, 0.25) is 5.95 Å². The van der Waals surface area contributed by atoms with E-state index in [0.717, 1.165) is 72.9 Å².